The van der Waals surface area contributed by atoms with Crippen molar-refractivity contribution in [1.82, 2.24) is 9.21 Å². The summed E-state index contributed by atoms with van der Waals surface area (Å²) in [5.41, 5.74) is 1.28. The van der Waals surface area contributed by atoms with Gasteiger partial charge < -0.3 is 0 Å². The van der Waals surface area contributed by atoms with Gasteiger partial charge in [-0.25, -0.2) is 8.42 Å². The topological polar surface area (TPSA) is 40.6 Å². The molecule has 0 N–H and O–H groups in total. The summed E-state index contributed by atoms with van der Waals surface area (Å²) in [6.07, 6.45) is 1.66. The first-order valence-corrected chi connectivity index (χ1v) is 9.82. The maximum absolute atomic E-state index is 12.4. The third-order valence-electron chi connectivity index (χ3n) is 4.43. The van der Waals surface area contributed by atoms with Crippen LogP contribution in [0, 0.1) is 0 Å². The average molecular weight is 324 g/mol. The van der Waals surface area contributed by atoms with Gasteiger partial charge in [0.25, 0.3) is 0 Å². The molecule has 0 spiro atoms. The molecule has 0 aliphatic carbocycles. The number of nitrogens with zero attached hydrogens (tertiary/aromatic N) is 2. The van der Waals surface area contributed by atoms with E-state index in [4.69, 9.17) is 0 Å². The Labute approximate surface area is 135 Å². The number of rotatable bonds is 6. The van der Waals surface area contributed by atoms with Crippen LogP contribution >= 0.6 is 0 Å². The Bertz CT molecular complexity index is 547. The smallest absolute Gasteiger partial charge is 0.214 e. The Balaban J connectivity index is 2.03. The van der Waals surface area contributed by atoms with E-state index in [1.807, 2.05) is 13.0 Å². The van der Waals surface area contributed by atoms with E-state index in [-0.39, 0.29) is 17.8 Å². The summed E-state index contributed by atoms with van der Waals surface area (Å²) in [6.45, 7) is 8.36. The molecule has 1 aromatic carbocycles. The second-order valence-corrected chi connectivity index (χ2v) is 8.43. The Hall–Kier alpha value is -0.910. The van der Waals surface area contributed by atoms with Crippen molar-refractivity contribution in [1.29, 1.82) is 0 Å². The van der Waals surface area contributed by atoms with Crippen molar-refractivity contribution in [3.05, 3.63) is 35.9 Å². The molecule has 2 rings (SSSR count). The van der Waals surface area contributed by atoms with E-state index in [0.29, 0.717) is 13.1 Å². The molecule has 0 bridgehead atoms. The number of sulfonamides is 1. The molecular weight excluding hydrogens is 296 g/mol. The first-order chi connectivity index (χ1) is 10.4. The number of hydrogen-bond donors (Lipinski definition) is 0. The molecule has 0 saturated carbocycles. The van der Waals surface area contributed by atoms with Crippen LogP contribution in [-0.2, 0) is 16.6 Å². The van der Waals surface area contributed by atoms with Crippen LogP contribution < -0.4 is 0 Å². The van der Waals surface area contributed by atoms with Gasteiger partial charge in [-0.1, -0.05) is 43.7 Å². The number of hydrogen-bond acceptors (Lipinski definition) is 3. The molecule has 5 heteroatoms. The molecule has 1 saturated heterocycles. The lowest BCUT2D eigenvalue weighted by Gasteiger charge is -2.43. The van der Waals surface area contributed by atoms with Gasteiger partial charge in [-0.3, -0.25) is 4.90 Å². The SMILES string of the molecule is CCCCS(=O)(=O)N1CC(C)N(Cc2ccccc2)C(C)C1. The van der Waals surface area contributed by atoms with Crippen molar-refractivity contribution < 1.29 is 8.42 Å². The van der Waals surface area contributed by atoms with Gasteiger partial charge in [0, 0.05) is 31.7 Å². The zero-order valence-corrected chi connectivity index (χ0v) is 14.7. The predicted molar refractivity (Wildman–Crippen MR) is 91.2 cm³/mol. The molecule has 2 atom stereocenters. The molecule has 2 unspecified atom stereocenters. The van der Waals surface area contributed by atoms with Crippen LogP contribution in [0.2, 0.25) is 0 Å². The normalized spacial score (nSPS) is 24.5. The zero-order chi connectivity index (χ0) is 16.2. The van der Waals surface area contributed by atoms with Gasteiger partial charge >= 0.3 is 0 Å². The number of unbranched alkanes of at least 4 members (excludes halogenated alkanes) is 1. The summed E-state index contributed by atoms with van der Waals surface area (Å²) in [6, 6.07) is 10.9. The fraction of sp³-hybridized carbons (Fsp3) is 0.647. The average Bonchev–Trinajstić information content (AvgIpc) is 2.49. The van der Waals surface area contributed by atoms with Gasteiger partial charge in [-0.15, -0.1) is 0 Å². The van der Waals surface area contributed by atoms with Gasteiger partial charge in [-0.05, 0) is 25.8 Å². The van der Waals surface area contributed by atoms with E-state index in [0.717, 1.165) is 19.4 Å². The molecule has 22 heavy (non-hydrogen) atoms. The van der Waals surface area contributed by atoms with Gasteiger partial charge in [0.15, 0.2) is 0 Å². The Kier molecular flexibility index (Phi) is 6.01. The van der Waals surface area contributed by atoms with Crippen molar-refractivity contribution in [2.24, 2.45) is 0 Å². The summed E-state index contributed by atoms with van der Waals surface area (Å²) >= 11 is 0. The van der Waals surface area contributed by atoms with Gasteiger partial charge in [0.1, 0.15) is 0 Å². The second-order valence-electron chi connectivity index (χ2n) is 6.34. The van der Waals surface area contributed by atoms with Gasteiger partial charge in [-0.2, -0.15) is 4.31 Å². The maximum Gasteiger partial charge on any atom is 0.214 e. The minimum absolute atomic E-state index is 0.236. The van der Waals surface area contributed by atoms with Crippen LogP contribution in [0.4, 0.5) is 0 Å². The summed E-state index contributed by atoms with van der Waals surface area (Å²) in [4.78, 5) is 2.40. The molecule has 1 heterocycles. The minimum Gasteiger partial charge on any atom is -0.291 e. The van der Waals surface area contributed by atoms with Gasteiger partial charge in [0.2, 0.25) is 10.0 Å². The summed E-state index contributed by atoms with van der Waals surface area (Å²) in [7, 11) is -3.10. The van der Waals surface area contributed by atoms with Crippen LogP contribution in [0.1, 0.15) is 39.2 Å². The largest absolute Gasteiger partial charge is 0.291 e. The molecule has 0 amide bonds. The lowest BCUT2D eigenvalue weighted by atomic mass is 10.1. The standard InChI is InChI=1S/C17H28N2O2S/c1-4-5-11-22(20,21)18-12-15(2)19(16(3)13-18)14-17-9-7-6-8-10-17/h6-10,15-16H,4-5,11-14H2,1-3H3. The predicted octanol–water partition coefficient (Wildman–Crippen LogP) is 2.71. The fourth-order valence-corrected chi connectivity index (χ4v) is 4.89. The summed E-state index contributed by atoms with van der Waals surface area (Å²) < 4.78 is 26.5. The number of piperazine rings is 1. The van der Waals surface area contributed by atoms with Crippen LogP contribution in [0.5, 0.6) is 0 Å². The molecule has 1 aliphatic rings. The highest BCUT2D eigenvalue weighted by atomic mass is 32.2. The quantitative estimate of drug-likeness (QED) is 0.808. The van der Waals surface area contributed by atoms with E-state index in [1.54, 1.807) is 4.31 Å². The molecule has 124 valence electrons. The van der Waals surface area contributed by atoms with E-state index in [1.165, 1.54) is 5.56 Å². The molecule has 1 aromatic rings. The molecule has 1 aliphatic heterocycles. The second kappa shape index (κ2) is 7.57. The van der Waals surface area contributed by atoms with Crippen molar-refractivity contribution >= 4 is 10.0 Å². The fourth-order valence-electron chi connectivity index (χ4n) is 3.10. The Morgan fingerprint density at radius 2 is 1.68 bits per heavy atom. The third kappa shape index (κ3) is 4.31. The van der Waals surface area contributed by atoms with E-state index in [9.17, 15) is 8.42 Å². The minimum atomic E-state index is -3.10. The van der Waals surface area contributed by atoms with E-state index in [2.05, 4.69) is 43.0 Å². The zero-order valence-electron chi connectivity index (χ0n) is 13.9. The molecule has 4 nitrogen and oxygen atoms in total. The maximum atomic E-state index is 12.4. The van der Waals surface area contributed by atoms with Crippen molar-refractivity contribution in [3.8, 4) is 0 Å². The highest BCUT2D eigenvalue weighted by Crippen LogP contribution is 2.21. The van der Waals surface area contributed by atoms with Crippen LogP contribution in [-0.4, -0.2) is 48.5 Å². The number of benzene rings is 1. The Morgan fingerprint density at radius 1 is 1.09 bits per heavy atom. The first-order valence-electron chi connectivity index (χ1n) is 8.21. The van der Waals surface area contributed by atoms with Crippen LogP contribution in [0.25, 0.3) is 0 Å². The van der Waals surface area contributed by atoms with Crippen LogP contribution in [0.15, 0.2) is 30.3 Å². The molecule has 1 fully saturated rings. The lowest BCUT2D eigenvalue weighted by Crippen LogP contribution is -2.57. The highest BCUT2D eigenvalue weighted by Gasteiger charge is 2.34. The van der Waals surface area contributed by atoms with E-state index >= 15 is 0 Å². The van der Waals surface area contributed by atoms with Crippen molar-refractivity contribution in [2.45, 2.75) is 52.2 Å². The van der Waals surface area contributed by atoms with Crippen LogP contribution in [0.3, 0.4) is 0 Å². The van der Waals surface area contributed by atoms with Gasteiger partial charge in [0.05, 0.1) is 5.75 Å². The molecular formula is C17H28N2O2S. The lowest BCUT2D eigenvalue weighted by molar-refractivity contribution is 0.0699. The summed E-state index contributed by atoms with van der Waals surface area (Å²) in [5.74, 6) is 0.279. The molecule has 0 radical (unpaired) electrons. The molecule has 0 aromatic heterocycles. The summed E-state index contributed by atoms with van der Waals surface area (Å²) in [5, 5.41) is 0. The monoisotopic (exact) mass is 324 g/mol. The first kappa shape index (κ1) is 17.4. The van der Waals surface area contributed by atoms with E-state index < -0.39 is 10.0 Å². The van der Waals surface area contributed by atoms with Crippen molar-refractivity contribution in [2.75, 3.05) is 18.8 Å². The third-order valence-corrected chi connectivity index (χ3v) is 6.31. The van der Waals surface area contributed by atoms with Crippen molar-refractivity contribution in [3.63, 3.8) is 0 Å². The highest BCUT2D eigenvalue weighted by molar-refractivity contribution is 7.89. The Morgan fingerprint density at radius 3 is 2.23 bits per heavy atom.